The zero-order valence-corrected chi connectivity index (χ0v) is 18.2. The number of halogens is 1. The van der Waals surface area contributed by atoms with Crippen molar-refractivity contribution >= 4 is 39.9 Å². The van der Waals surface area contributed by atoms with Crippen LogP contribution in [0.3, 0.4) is 0 Å². The van der Waals surface area contributed by atoms with Gasteiger partial charge < -0.3 is 19.7 Å². The van der Waals surface area contributed by atoms with Gasteiger partial charge >= 0.3 is 0 Å². The smallest absolute Gasteiger partial charge is 0.260 e. The molecule has 2 aromatic carbocycles. The Hall–Kier alpha value is -1.96. The minimum atomic E-state index is 0.0156. The van der Waals surface area contributed by atoms with Crippen LogP contribution in [0.15, 0.2) is 36.4 Å². The van der Waals surface area contributed by atoms with Crippen LogP contribution in [0.1, 0.15) is 35.2 Å². The molecule has 6 heteroatoms. The molecule has 2 aliphatic rings. The Bertz CT molecular complexity index is 871. The van der Waals surface area contributed by atoms with Crippen molar-refractivity contribution in [1.82, 2.24) is 0 Å². The van der Waals surface area contributed by atoms with Crippen molar-refractivity contribution in [3.63, 3.8) is 0 Å². The monoisotopic (exact) mass is 492 g/mol. The molecule has 148 valence electrons. The number of amides is 1. The van der Waals surface area contributed by atoms with Crippen LogP contribution in [-0.4, -0.2) is 36.6 Å². The standard InChI is InChI=1S/C22H25IN2O3/c1-27-20-12-17-18(13-21(20)28-10-6-2-5-9-23)24-14-16-11-15-7-3-4-8-19(15)25(16)22(17)26/h3-4,7-8,12-13,16,24H,2,5-6,9-11,14H2,1H3/t16-/m0/s1. The average Bonchev–Trinajstić information content (AvgIpc) is 3.03. The molecule has 1 atom stereocenters. The molecule has 0 saturated carbocycles. The molecule has 2 heterocycles. The third-order valence-corrected chi connectivity index (χ3v) is 6.15. The highest BCUT2D eigenvalue weighted by atomic mass is 127. The molecule has 4 rings (SSSR count). The first-order valence-corrected chi connectivity index (χ1v) is 11.3. The number of carbonyl (C=O) groups excluding carboxylic acids is 1. The molecule has 1 N–H and O–H groups in total. The molecule has 0 aromatic heterocycles. The Balaban J connectivity index is 1.60. The Morgan fingerprint density at radius 2 is 2.04 bits per heavy atom. The van der Waals surface area contributed by atoms with E-state index in [9.17, 15) is 4.79 Å². The maximum Gasteiger partial charge on any atom is 0.260 e. The summed E-state index contributed by atoms with van der Waals surface area (Å²) in [5, 5.41) is 3.47. The van der Waals surface area contributed by atoms with E-state index in [0.29, 0.717) is 23.7 Å². The van der Waals surface area contributed by atoms with Crippen molar-refractivity contribution < 1.29 is 14.3 Å². The van der Waals surface area contributed by atoms with Crippen molar-refractivity contribution in [3.05, 3.63) is 47.5 Å². The second kappa shape index (κ2) is 8.59. The normalized spacial score (nSPS) is 17.3. The number of alkyl halides is 1. The molecule has 28 heavy (non-hydrogen) atoms. The molecule has 0 unspecified atom stereocenters. The molecular weight excluding hydrogens is 467 g/mol. The molecule has 0 aliphatic carbocycles. The van der Waals surface area contributed by atoms with Crippen molar-refractivity contribution in [1.29, 1.82) is 0 Å². The van der Waals surface area contributed by atoms with Crippen molar-refractivity contribution in [2.45, 2.75) is 31.7 Å². The lowest BCUT2D eigenvalue weighted by Gasteiger charge is -2.22. The molecule has 0 bridgehead atoms. The maximum atomic E-state index is 13.4. The highest BCUT2D eigenvalue weighted by Crippen LogP contribution is 2.40. The van der Waals surface area contributed by atoms with Gasteiger partial charge in [0.1, 0.15) is 0 Å². The van der Waals surface area contributed by atoms with Gasteiger partial charge in [0, 0.05) is 18.3 Å². The van der Waals surface area contributed by atoms with Crippen LogP contribution < -0.4 is 19.7 Å². The summed E-state index contributed by atoms with van der Waals surface area (Å²) in [6, 6.07) is 12.0. The number of anilines is 2. The lowest BCUT2D eigenvalue weighted by Crippen LogP contribution is -2.39. The first kappa shape index (κ1) is 19.4. The molecule has 0 radical (unpaired) electrons. The van der Waals surface area contributed by atoms with Crippen molar-refractivity contribution in [3.8, 4) is 11.5 Å². The first-order chi connectivity index (χ1) is 13.7. The molecule has 0 fully saturated rings. The third kappa shape index (κ3) is 3.66. The van der Waals surface area contributed by atoms with Crippen LogP contribution >= 0.6 is 22.6 Å². The first-order valence-electron chi connectivity index (χ1n) is 9.79. The highest BCUT2D eigenvalue weighted by Gasteiger charge is 2.37. The van der Waals surface area contributed by atoms with E-state index in [4.69, 9.17) is 9.47 Å². The largest absolute Gasteiger partial charge is 0.493 e. The topological polar surface area (TPSA) is 50.8 Å². The lowest BCUT2D eigenvalue weighted by atomic mass is 10.1. The number of ether oxygens (including phenoxy) is 2. The minimum Gasteiger partial charge on any atom is -0.493 e. The summed E-state index contributed by atoms with van der Waals surface area (Å²) in [6.45, 7) is 1.37. The molecule has 0 spiro atoms. The van der Waals surface area contributed by atoms with Gasteiger partial charge in [-0.1, -0.05) is 40.8 Å². The molecular formula is C22H25IN2O3. The second-order valence-corrected chi connectivity index (χ2v) is 8.27. The zero-order chi connectivity index (χ0) is 19.5. The number of nitrogens with one attached hydrogen (secondary N) is 1. The summed E-state index contributed by atoms with van der Waals surface area (Å²) in [5.41, 5.74) is 3.69. The predicted octanol–water partition coefficient (Wildman–Crippen LogP) is 4.68. The number of benzene rings is 2. The molecule has 1 amide bonds. The Labute approximate surface area is 179 Å². The van der Waals surface area contributed by atoms with Gasteiger partial charge in [0.25, 0.3) is 5.91 Å². The maximum absolute atomic E-state index is 13.4. The fourth-order valence-electron chi connectivity index (χ4n) is 3.97. The molecule has 2 aliphatic heterocycles. The zero-order valence-electron chi connectivity index (χ0n) is 16.0. The number of rotatable bonds is 7. The van der Waals surface area contributed by atoms with Gasteiger partial charge in [0.05, 0.1) is 31.0 Å². The van der Waals surface area contributed by atoms with Gasteiger partial charge in [0.2, 0.25) is 0 Å². The van der Waals surface area contributed by atoms with Gasteiger partial charge in [-0.2, -0.15) is 0 Å². The summed E-state index contributed by atoms with van der Waals surface area (Å²) in [6.07, 6.45) is 4.26. The van der Waals surface area contributed by atoms with Gasteiger partial charge in [-0.25, -0.2) is 0 Å². The molecule has 0 saturated heterocycles. The highest BCUT2D eigenvalue weighted by molar-refractivity contribution is 14.1. The minimum absolute atomic E-state index is 0.0156. The van der Waals surface area contributed by atoms with E-state index < -0.39 is 0 Å². The number of methoxy groups -OCH3 is 1. The second-order valence-electron chi connectivity index (χ2n) is 7.19. The summed E-state index contributed by atoms with van der Waals surface area (Å²) in [5.74, 6) is 1.31. The van der Waals surface area contributed by atoms with Crippen LogP contribution in [0.5, 0.6) is 11.5 Å². The number of para-hydroxylation sites is 1. The van der Waals surface area contributed by atoms with E-state index in [1.165, 1.54) is 16.4 Å². The van der Waals surface area contributed by atoms with Gasteiger partial charge in [-0.05, 0) is 47.8 Å². The van der Waals surface area contributed by atoms with E-state index in [2.05, 4.69) is 34.0 Å². The van der Waals surface area contributed by atoms with Crippen LogP contribution in [0.25, 0.3) is 0 Å². The van der Waals surface area contributed by atoms with E-state index >= 15 is 0 Å². The average molecular weight is 492 g/mol. The third-order valence-electron chi connectivity index (χ3n) is 5.39. The van der Waals surface area contributed by atoms with Gasteiger partial charge in [-0.3, -0.25) is 4.79 Å². The Morgan fingerprint density at radius 3 is 2.86 bits per heavy atom. The molecule has 5 nitrogen and oxygen atoms in total. The van der Waals surface area contributed by atoms with Crippen LogP contribution in [0.4, 0.5) is 11.4 Å². The number of carbonyl (C=O) groups is 1. The Kier molecular flexibility index (Phi) is 5.94. The number of nitrogens with zero attached hydrogens (tertiary/aromatic N) is 1. The number of fused-ring (bicyclic) bond motifs is 4. The fourth-order valence-corrected chi connectivity index (χ4v) is 4.51. The van der Waals surface area contributed by atoms with E-state index in [1.807, 2.05) is 35.2 Å². The van der Waals surface area contributed by atoms with Gasteiger partial charge in [-0.15, -0.1) is 0 Å². The summed E-state index contributed by atoms with van der Waals surface area (Å²) >= 11 is 2.40. The van der Waals surface area contributed by atoms with E-state index in [-0.39, 0.29) is 11.9 Å². The van der Waals surface area contributed by atoms with Crippen molar-refractivity contribution in [2.24, 2.45) is 0 Å². The predicted molar refractivity (Wildman–Crippen MR) is 120 cm³/mol. The SMILES string of the molecule is COc1cc2c(cc1OCCCCCI)NC[C@@H]1Cc3ccccc3N1C2=O. The number of unbranched alkanes of at least 4 members (excludes halogenated alkanes) is 2. The lowest BCUT2D eigenvalue weighted by molar-refractivity contribution is 0.0983. The van der Waals surface area contributed by atoms with Crippen LogP contribution in [0, 0.1) is 0 Å². The van der Waals surface area contributed by atoms with Gasteiger partial charge in [0.15, 0.2) is 11.5 Å². The summed E-state index contributed by atoms with van der Waals surface area (Å²) < 4.78 is 12.7. The number of hydrogen-bond donors (Lipinski definition) is 1. The van der Waals surface area contributed by atoms with Crippen LogP contribution in [0.2, 0.25) is 0 Å². The fraction of sp³-hybridized carbons (Fsp3) is 0.409. The van der Waals surface area contributed by atoms with E-state index in [0.717, 1.165) is 37.2 Å². The Morgan fingerprint density at radius 1 is 1.18 bits per heavy atom. The summed E-state index contributed by atoms with van der Waals surface area (Å²) in [7, 11) is 1.62. The van der Waals surface area contributed by atoms with Crippen LogP contribution in [-0.2, 0) is 6.42 Å². The van der Waals surface area contributed by atoms with Crippen molar-refractivity contribution in [2.75, 3.05) is 34.9 Å². The quantitative estimate of drug-likeness (QED) is 0.347. The van der Waals surface area contributed by atoms with E-state index in [1.54, 1.807) is 7.11 Å². The number of hydrogen-bond acceptors (Lipinski definition) is 4. The summed E-state index contributed by atoms with van der Waals surface area (Å²) in [4.78, 5) is 15.3. The molecule has 2 aromatic rings.